The Morgan fingerprint density at radius 2 is 1.70 bits per heavy atom. The summed E-state index contributed by atoms with van der Waals surface area (Å²) in [5.41, 5.74) is 1.54. The fraction of sp³-hybridized carbons (Fsp3) is 0.333. The lowest BCUT2D eigenvalue weighted by Crippen LogP contribution is -2.31. The first-order valence-corrected chi connectivity index (χ1v) is 10.8. The molecule has 0 fully saturated rings. The molecule has 0 atom stereocenters. The number of ether oxygens (including phenoxy) is 1. The van der Waals surface area contributed by atoms with Crippen LogP contribution in [0.5, 0.6) is 0 Å². The van der Waals surface area contributed by atoms with E-state index in [1.165, 1.54) is 17.5 Å². The van der Waals surface area contributed by atoms with Crippen LogP contribution in [0.4, 0.5) is 10.1 Å². The number of carbonyl (C=O) groups excluding carboxylic acids is 2. The van der Waals surface area contributed by atoms with Crippen molar-refractivity contribution in [3.63, 3.8) is 0 Å². The lowest BCUT2D eigenvalue weighted by Gasteiger charge is -2.19. The summed E-state index contributed by atoms with van der Waals surface area (Å²) >= 11 is 0. The molecule has 0 aliphatic heterocycles. The Balaban J connectivity index is 2.43. The average molecular weight is 437 g/mol. The smallest absolute Gasteiger partial charge is 0.338 e. The van der Waals surface area contributed by atoms with Crippen LogP contribution in [0.3, 0.4) is 0 Å². The molecular weight excluding hydrogens is 411 g/mol. The molecule has 2 aromatic carbocycles. The summed E-state index contributed by atoms with van der Waals surface area (Å²) in [5, 5.41) is 2.53. The number of nitrogens with zero attached hydrogens (tertiary/aromatic N) is 1. The van der Waals surface area contributed by atoms with Crippen molar-refractivity contribution in [3.05, 3.63) is 58.4 Å². The van der Waals surface area contributed by atoms with Crippen LogP contribution in [0.15, 0.2) is 35.2 Å². The minimum atomic E-state index is -3.86. The van der Waals surface area contributed by atoms with E-state index < -0.39 is 33.3 Å². The van der Waals surface area contributed by atoms with Gasteiger partial charge in [-0.3, -0.25) is 4.79 Å². The van der Waals surface area contributed by atoms with Crippen LogP contribution in [0, 0.1) is 19.7 Å². The maximum Gasteiger partial charge on any atom is 0.338 e. The molecule has 0 saturated carbocycles. The van der Waals surface area contributed by atoms with Crippen LogP contribution in [-0.4, -0.2) is 44.8 Å². The maximum absolute atomic E-state index is 14.3. The van der Waals surface area contributed by atoms with Gasteiger partial charge in [0.2, 0.25) is 10.0 Å². The van der Waals surface area contributed by atoms with Gasteiger partial charge in [0.15, 0.2) is 0 Å². The van der Waals surface area contributed by atoms with Gasteiger partial charge < -0.3 is 10.1 Å². The molecule has 1 amide bonds. The van der Waals surface area contributed by atoms with Crippen molar-refractivity contribution in [1.82, 2.24) is 4.31 Å². The number of anilines is 1. The predicted octanol–water partition coefficient (Wildman–Crippen LogP) is 3.51. The first-order valence-electron chi connectivity index (χ1n) is 9.37. The van der Waals surface area contributed by atoms with E-state index in [1.54, 1.807) is 33.8 Å². The van der Waals surface area contributed by atoms with Gasteiger partial charge in [0.25, 0.3) is 5.91 Å². The number of esters is 1. The molecule has 2 rings (SSSR count). The molecule has 2 aromatic rings. The average Bonchev–Trinajstić information content (AvgIpc) is 2.70. The number of carbonyl (C=O) groups is 2. The molecule has 0 spiro atoms. The summed E-state index contributed by atoms with van der Waals surface area (Å²) in [6, 6.07) is 6.16. The van der Waals surface area contributed by atoms with E-state index in [4.69, 9.17) is 4.74 Å². The molecule has 9 heteroatoms. The number of aryl methyl sites for hydroxylation is 1. The first kappa shape index (κ1) is 23.5. The maximum atomic E-state index is 14.3. The quantitative estimate of drug-likeness (QED) is 0.671. The van der Waals surface area contributed by atoms with Gasteiger partial charge in [-0.2, -0.15) is 4.31 Å². The Morgan fingerprint density at radius 3 is 2.27 bits per heavy atom. The van der Waals surface area contributed by atoms with E-state index >= 15 is 0 Å². The number of amides is 1. The number of rotatable bonds is 7. The molecule has 0 heterocycles. The van der Waals surface area contributed by atoms with E-state index in [1.807, 2.05) is 0 Å². The van der Waals surface area contributed by atoms with Crippen molar-refractivity contribution >= 4 is 27.6 Å². The lowest BCUT2D eigenvalue weighted by atomic mass is 10.0. The molecule has 0 aliphatic carbocycles. The molecule has 0 aromatic heterocycles. The van der Waals surface area contributed by atoms with Crippen LogP contribution in [-0.2, 0) is 14.8 Å². The predicted molar refractivity (Wildman–Crippen MR) is 112 cm³/mol. The lowest BCUT2D eigenvalue weighted by molar-refractivity contribution is 0.0599. The molecule has 162 valence electrons. The SMILES string of the molecule is CCN(CC)S(=O)(=O)c1ccc(F)c(C(=O)Nc2cc(C)c(C)c(C(=O)OC)c2)c1. The summed E-state index contributed by atoms with van der Waals surface area (Å²) in [7, 11) is -2.61. The summed E-state index contributed by atoms with van der Waals surface area (Å²) in [5.74, 6) is -2.25. The van der Waals surface area contributed by atoms with Gasteiger partial charge in [0.05, 0.1) is 23.1 Å². The van der Waals surface area contributed by atoms with E-state index in [0.717, 1.165) is 23.8 Å². The number of nitrogens with one attached hydrogen (secondary N) is 1. The van der Waals surface area contributed by atoms with E-state index in [9.17, 15) is 22.4 Å². The summed E-state index contributed by atoms with van der Waals surface area (Å²) in [6.45, 7) is 7.38. The Kier molecular flexibility index (Phi) is 7.33. The number of halogens is 1. The second-order valence-corrected chi connectivity index (χ2v) is 8.58. The monoisotopic (exact) mass is 436 g/mol. The largest absolute Gasteiger partial charge is 0.465 e. The van der Waals surface area contributed by atoms with Gasteiger partial charge in [-0.15, -0.1) is 0 Å². The number of sulfonamides is 1. The summed E-state index contributed by atoms with van der Waals surface area (Å²) in [4.78, 5) is 24.5. The van der Waals surface area contributed by atoms with Crippen LogP contribution >= 0.6 is 0 Å². The third kappa shape index (κ3) is 4.68. The summed E-state index contributed by atoms with van der Waals surface area (Å²) in [6.07, 6.45) is 0. The second-order valence-electron chi connectivity index (χ2n) is 6.64. The van der Waals surface area contributed by atoms with Crippen molar-refractivity contribution < 1.29 is 27.1 Å². The zero-order valence-corrected chi connectivity index (χ0v) is 18.4. The van der Waals surface area contributed by atoms with Crippen LogP contribution in [0.25, 0.3) is 0 Å². The van der Waals surface area contributed by atoms with Gasteiger partial charge >= 0.3 is 5.97 Å². The molecule has 1 N–H and O–H groups in total. The molecule has 0 bridgehead atoms. The van der Waals surface area contributed by atoms with Crippen molar-refractivity contribution in [3.8, 4) is 0 Å². The molecule has 0 unspecified atom stereocenters. The Morgan fingerprint density at radius 1 is 1.07 bits per heavy atom. The first-order chi connectivity index (χ1) is 14.1. The Labute approximate surface area is 175 Å². The number of methoxy groups -OCH3 is 1. The minimum Gasteiger partial charge on any atom is -0.465 e. The number of hydrogen-bond donors (Lipinski definition) is 1. The zero-order valence-electron chi connectivity index (χ0n) is 17.6. The molecule has 0 saturated heterocycles. The third-order valence-electron chi connectivity index (χ3n) is 4.86. The van der Waals surface area contributed by atoms with Crippen molar-refractivity contribution in [2.24, 2.45) is 0 Å². The normalized spacial score (nSPS) is 11.4. The van der Waals surface area contributed by atoms with E-state index in [-0.39, 0.29) is 29.2 Å². The molecular formula is C21H25FN2O5S. The summed E-state index contributed by atoms with van der Waals surface area (Å²) < 4.78 is 45.7. The third-order valence-corrected chi connectivity index (χ3v) is 6.90. The van der Waals surface area contributed by atoms with Crippen LogP contribution < -0.4 is 5.32 Å². The number of benzene rings is 2. The highest BCUT2D eigenvalue weighted by atomic mass is 32.2. The highest BCUT2D eigenvalue weighted by molar-refractivity contribution is 7.89. The van der Waals surface area contributed by atoms with Crippen LogP contribution in [0.1, 0.15) is 45.7 Å². The molecule has 30 heavy (non-hydrogen) atoms. The van der Waals surface area contributed by atoms with Gasteiger partial charge in [-0.25, -0.2) is 17.6 Å². The standard InChI is InChI=1S/C21H25FN2O5S/c1-6-24(7-2)30(27,28)16-8-9-19(22)18(12-16)20(25)23-15-10-13(3)14(4)17(11-15)21(26)29-5/h8-12H,6-7H2,1-5H3,(H,23,25). The second kappa shape index (κ2) is 9.36. The van der Waals surface area contributed by atoms with Gasteiger partial charge in [0.1, 0.15) is 5.82 Å². The fourth-order valence-electron chi connectivity index (χ4n) is 3.00. The fourth-order valence-corrected chi connectivity index (χ4v) is 4.49. The molecule has 0 radical (unpaired) electrons. The zero-order chi connectivity index (χ0) is 22.6. The van der Waals surface area contributed by atoms with Crippen LogP contribution in [0.2, 0.25) is 0 Å². The molecule has 7 nitrogen and oxygen atoms in total. The van der Waals surface area contributed by atoms with Crippen molar-refractivity contribution in [1.29, 1.82) is 0 Å². The topological polar surface area (TPSA) is 92.8 Å². The Bertz CT molecular complexity index is 1080. The highest BCUT2D eigenvalue weighted by Crippen LogP contribution is 2.23. The van der Waals surface area contributed by atoms with Gasteiger partial charge in [0, 0.05) is 18.8 Å². The molecule has 0 aliphatic rings. The minimum absolute atomic E-state index is 0.173. The van der Waals surface area contributed by atoms with E-state index in [2.05, 4.69) is 5.32 Å². The highest BCUT2D eigenvalue weighted by Gasteiger charge is 2.24. The van der Waals surface area contributed by atoms with Crippen molar-refractivity contribution in [2.75, 3.05) is 25.5 Å². The van der Waals surface area contributed by atoms with Gasteiger partial charge in [-0.05, 0) is 55.3 Å². The Hall–Kier alpha value is -2.78. The van der Waals surface area contributed by atoms with Crippen molar-refractivity contribution in [2.45, 2.75) is 32.6 Å². The van der Waals surface area contributed by atoms with E-state index in [0.29, 0.717) is 5.56 Å². The van der Waals surface area contributed by atoms with Gasteiger partial charge in [-0.1, -0.05) is 13.8 Å². The number of hydrogen-bond acceptors (Lipinski definition) is 5.